The minimum absolute atomic E-state index is 0.231. The van der Waals surface area contributed by atoms with Crippen molar-refractivity contribution in [2.75, 3.05) is 33.4 Å². The van der Waals surface area contributed by atoms with Crippen LogP contribution in [-0.2, 0) is 4.74 Å². The van der Waals surface area contributed by atoms with E-state index in [1.165, 1.54) is 0 Å². The van der Waals surface area contributed by atoms with Crippen molar-refractivity contribution < 1.29 is 19.3 Å². The number of ether oxygens (including phenoxy) is 3. The molecule has 0 saturated heterocycles. The number of aliphatic hydroxyl groups is 1. The summed E-state index contributed by atoms with van der Waals surface area (Å²) in [6.07, 6.45) is -0.565. The number of hydrogen-bond donors (Lipinski definition) is 2. The van der Waals surface area contributed by atoms with Crippen molar-refractivity contribution in [2.45, 2.75) is 32.5 Å². The van der Waals surface area contributed by atoms with Gasteiger partial charge in [0.2, 0.25) is 0 Å². The van der Waals surface area contributed by atoms with Gasteiger partial charge < -0.3 is 24.6 Å². The van der Waals surface area contributed by atoms with E-state index in [0.29, 0.717) is 25.4 Å². The fraction of sp³-hybridized carbons (Fsp3) is 0.625. The van der Waals surface area contributed by atoms with Crippen LogP contribution in [0, 0.1) is 0 Å². The minimum Gasteiger partial charge on any atom is -0.497 e. The van der Waals surface area contributed by atoms with Crippen molar-refractivity contribution >= 4 is 0 Å². The molecule has 120 valence electrons. The zero-order valence-corrected chi connectivity index (χ0v) is 13.4. The normalized spacial score (nSPS) is 13.0. The lowest BCUT2D eigenvalue weighted by Crippen LogP contribution is -2.41. The maximum absolute atomic E-state index is 9.88. The Morgan fingerprint density at radius 1 is 1.19 bits per heavy atom. The molecule has 1 unspecified atom stereocenters. The van der Waals surface area contributed by atoms with Gasteiger partial charge in [0.15, 0.2) is 0 Å². The Balaban J connectivity index is 2.22. The summed E-state index contributed by atoms with van der Waals surface area (Å²) in [7, 11) is 1.62. The monoisotopic (exact) mass is 297 g/mol. The van der Waals surface area contributed by atoms with Gasteiger partial charge in [0.05, 0.1) is 12.7 Å². The molecule has 0 heterocycles. The van der Waals surface area contributed by atoms with Gasteiger partial charge in [0.1, 0.15) is 24.2 Å². The van der Waals surface area contributed by atoms with Crippen LogP contribution in [0.4, 0.5) is 0 Å². The second-order valence-electron chi connectivity index (χ2n) is 5.46. The van der Waals surface area contributed by atoms with Crippen LogP contribution in [0.1, 0.15) is 20.8 Å². The third-order valence-corrected chi connectivity index (χ3v) is 2.97. The predicted molar refractivity (Wildman–Crippen MR) is 83.1 cm³/mol. The third-order valence-electron chi connectivity index (χ3n) is 2.97. The first-order valence-corrected chi connectivity index (χ1v) is 7.26. The number of hydrogen-bond acceptors (Lipinski definition) is 5. The maximum atomic E-state index is 9.88. The van der Waals surface area contributed by atoms with Crippen molar-refractivity contribution in [2.24, 2.45) is 0 Å². The van der Waals surface area contributed by atoms with Crippen LogP contribution in [0.3, 0.4) is 0 Å². The van der Waals surface area contributed by atoms with Crippen LogP contribution < -0.4 is 14.8 Å². The largest absolute Gasteiger partial charge is 0.497 e. The second-order valence-corrected chi connectivity index (χ2v) is 5.46. The van der Waals surface area contributed by atoms with E-state index in [1.54, 1.807) is 7.11 Å². The molecule has 0 bridgehead atoms. The van der Waals surface area contributed by atoms with Gasteiger partial charge in [-0.3, -0.25) is 0 Å². The Hall–Kier alpha value is -1.30. The second kappa shape index (κ2) is 8.87. The summed E-state index contributed by atoms with van der Waals surface area (Å²) >= 11 is 0. The van der Waals surface area contributed by atoms with Crippen molar-refractivity contribution in [1.82, 2.24) is 5.32 Å². The van der Waals surface area contributed by atoms with Crippen LogP contribution in [-0.4, -0.2) is 50.2 Å². The maximum Gasteiger partial charge on any atom is 0.119 e. The highest BCUT2D eigenvalue weighted by Crippen LogP contribution is 2.17. The molecule has 1 aromatic carbocycles. The third kappa shape index (κ3) is 7.32. The van der Waals surface area contributed by atoms with E-state index in [2.05, 4.69) is 5.32 Å². The molecule has 1 aromatic rings. The van der Waals surface area contributed by atoms with E-state index in [4.69, 9.17) is 14.2 Å². The smallest absolute Gasteiger partial charge is 0.119 e. The Morgan fingerprint density at radius 3 is 2.38 bits per heavy atom. The van der Waals surface area contributed by atoms with Gasteiger partial charge in [-0.1, -0.05) is 0 Å². The van der Waals surface area contributed by atoms with Crippen LogP contribution in [0.15, 0.2) is 24.3 Å². The Morgan fingerprint density at radius 2 is 1.81 bits per heavy atom. The van der Waals surface area contributed by atoms with E-state index in [9.17, 15) is 5.11 Å². The quantitative estimate of drug-likeness (QED) is 0.690. The zero-order chi connectivity index (χ0) is 15.7. The van der Waals surface area contributed by atoms with Crippen LogP contribution in [0.5, 0.6) is 11.5 Å². The Bertz CT molecular complexity index is 392. The van der Waals surface area contributed by atoms with Crippen molar-refractivity contribution in [3.63, 3.8) is 0 Å². The van der Waals surface area contributed by atoms with Gasteiger partial charge >= 0.3 is 0 Å². The highest BCUT2D eigenvalue weighted by molar-refractivity contribution is 5.31. The summed E-state index contributed by atoms with van der Waals surface area (Å²) in [4.78, 5) is 0. The van der Waals surface area contributed by atoms with Crippen LogP contribution in [0.25, 0.3) is 0 Å². The molecule has 5 heteroatoms. The van der Waals surface area contributed by atoms with Gasteiger partial charge in [-0.2, -0.15) is 0 Å². The van der Waals surface area contributed by atoms with Gasteiger partial charge in [-0.25, -0.2) is 0 Å². The summed E-state index contributed by atoms with van der Waals surface area (Å²) in [6, 6.07) is 7.28. The molecule has 0 aliphatic carbocycles. The summed E-state index contributed by atoms with van der Waals surface area (Å²) in [5.74, 6) is 1.49. The van der Waals surface area contributed by atoms with E-state index >= 15 is 0 Å². The van der Waals surface area contributed by atoms with Gasteiger partial charge in [-0.15, -0.1) is 0 Å². The number of benzene rings is 1. The van der Waals surface area contributed by atoms with Crippen LogP contribution in [0.2, 0.25) is 0 Å². The highest BCUT2D eigenvalue weighted by atomic mass is 16.5. The zero-order valence-electron chi connectivity index (χ0n) is 13.4. The molecule has 0 aliphatic heterocycles. The molecule has 1 rings (SSSR count). The molecule has 0 fully saturated rings. The summed E-state index contributed by atoms with van der Waals surface area (Å²) in [5, 5.41) is 13.1. The van der Waals surface area contributed by atoms with Crippen LogP contribution >= 0.6 is 0 Å². The first-order chi connectivity index (χ1) is 9.96. The van der Waals surface area contributed by atoms with E-state index in [-0.39, 0.29) is 12.2 Å². The summed E-state index contributed by atoms with van der Waals surface area (Å²) in [5.41, 5.74) is -0.231. The first-order valence-electron chi connectivity index (χ1n) is 7.26. The van der Waals surface area contributed by atoms with Crippen molar-refractivity contribution in [3.05, 3.63) is 24.3 Å². The highest BCUT2D eigenvalue weighted by Gasteiger charge is 2.17. The molecule has 2 N–H and O–H groups in total. The van der Waals surface area contributed by atoms with Crippen molar-refractivity contribution in [3.8, 4) is 11.5 Å². The van der Waals surface area contributed by atoms with E-state index in [1.807, 2.05) is 45.0 Å². The van der Waals surface area contributed by atoms with Gasteiger partial charge in [0, 0.05) is 19.7 Å². The minimum atomic E-state index is -0.565. The van der Waals surface area contributed by atoms with Crippen molar-refractivity contribution in [1.29, 1.82) is 0 Å². The molecule has 5 nitrogen and oxygen atoms in total. The Kier molecular flexibility index (Phi) is 7.50. The first kappa shape index (κ1) is 17.8. The standard InChI is InChI=1S/C16H27NO4/c1-5-21-16(2,3)12-17-10-13(18)11-20-15-8-6-14(19-4)7-9-15/h6-9,13,17-18H,5,10-12H2,1-4H3. The fourth-order valence-electron chi connectivity index (χ4n) is 1.90. The lowest BCUT2D eigenvalue weighted by molar-refractivity contribution is -0.0112. The molecule has 0 radical (unpaired) electrons. The molecule has 21 heavy (non-hydrogen) atoms. The number of rotatable bonds is 10. The number of aliphatic hydroxyl groups excluding tert-OH is 1. The molecular formula is C16H27NO4. The lowest BCUT2D eigenvalue weighted by Gasteiger charge is -2.25. The number of nitrogens with one attached hydrogen (secondary N) is 1. The molecule has 0 aliphatic rings. The average molecular weight is 297 g/mol. The van der Waals surface area contributed by atoms with E-state index < -0.39 is 6.10 Å². The Labute approximate surface area is 127 Å². The topological polar surface area (TPSA) is 60.0 Å². The molecule has 0 saturated carbocycles. The average Bonchev–Trinajstić information content (AvgIpc) is 2.45. The lowest BCUT2D eigenvalue weighted by atomic mass is 10.1. The molecule has 0 aromatic heterocycles. The van der Waals surface area contributed by atoms with Gasteiger partial charge in [0.25, 0.3) is 0 Å². The fourth-order valence-corrected chi connectivity index (χ4v) is 1.90. The summed E-state index contributed by atoms with van der Waals surface area (Å²) in [6.45, 7) is 8.08. The SMILES string of the molecule is CCOC(C)(C)CNCC(O)COc1ccc(OC)cc1. The number of methoxy groups -OCH3 is 1. The summed E-state index contributed by atoms with van der Waals surface area (Å²) < 4.78 is 16.2. The predicted octanol–water partition coefficient (Wildman–Crippen LogP) is 1.84. The van der Waals surface area contributed by atoms with E-state index in [0.717, 1.165) is 5.75 Å². The van der Waals surface area contributed by atoms with Gasteiger partial charge in [-0.05, 0) is 45.0 Å². The molecule has 0 amide bonds. The molecule has 1 atom stereocenters. The molecular weight excluding hydrogens is 270 g/mol. The molecule has 0 spiro atoms.